The van der Waals surface area contributed by atoms with E-state index in [1.54, 1.807) is 0 Å². The van der Waals surface area contributed by atoms with E-state index in [1.807, 2.05) is 0 Å². The molecule has 15 heavy (non-hydrogen) atoms. The predicted molar refractivity (Wildman–Crippen MR) is 51.1 cm³/mol. The van der Waals surface area contributed by atoms with Crippen molar-refractivity contribution in [3.05, 3.63) is 0 Å². The molecular weight excluding hydrogens is 261 g/mol. The largest absolute Gasteiger partial charge is 0.344 e. The molecule has 0 amide bonds. The molecule has 0 bridgehead atoms. The van der Waals surface area contributed by atoms with Gasteiger partial charge in [-0.15, -0.1) is 0 Å². The van der Waals surface area contributed by atoms with E-state index in [-0.39, 0.29) is 36.1 Å². The molecule has 0 atom stereocenters. The zero-order chi connectivity index (χ0) is 11.4. The zero-order valence-electron chi connectivity index (χ0n) is 7.91. The summed E-state index contributed by atoms with van der Waals surface area (Å²) in [5, 5.41) is 0. The van der Waals surface area contributed by atoms with Gasteiger partial charge >= 0.3 is 16.1 Å². The molecule has 0 aromatic carbocycles. The van der Waals surface area contributed by atoms with Crippen LogP contribution in [0.2, 0.25) is 0 Å². The van der Waals surface area contributed by atoms with Crippen molar-refractivity contribution in [1.29, 1.82) is 0 Å². The molecule has 0 aliphatic carbocycles. The number of hydrogen-bond acceptors (Lipinski definition) is 7. The van der Waals surface area contributed by atoms with E-state index >= 15 is 0 Å². The Hall–Kier alpha value is 0.290. The maximum absolute atomic E-state index is 10.7. The number of hydrogen-bond donors (Lipinski definition) is 2. The minimum atomic E-state index is -4.58. The Morgan fingerprint density at radius 1 is 1.27 bits per heavy atom. The molecule has 0 unspecified atom stereocenters. The van der Waals surface area contributed by atoms with E-state index in [4.69, 9.17) is 10.3 Å². The quantitative estimate of drug-likeness (QED) is 0.313. The average molecular weight is 270 g/mol. The van der Waals surface area contributed by atoms with Crippen LogP contribution in [0.1, 0.15) is 0 Å². The third-order valence-corrected chi connectivity index (χ3v) is 2.66. The normalized spacial score (nSPS) is 11.6. The Morgan fingerprint density at radius 3 is 2.07 bits per heavy atom. The second kappa shape index (κ2) is 6.78. The van der Waals surface area contributed by atoms with Crippen molar-refractivity contribution in [3.63, 3.8) is 0 Å². The van der Waals surface area contributed by atoms with Crippen molar-refractivity contribution in [2.75, 3.05) is 18.1 Å². The third kappa shape index (κ3) is 10.6. The zero-order valence-corrected chi connectivity index (χ0v) is 11.5. The van der Waals surface area contributed by atoms with E-state index in [9.17, 15) is 21.6 Å². The fraction of sp³-hybridized carbons (Fsp3) is 0.750. The first-order valence-electron chi connectivity index (χ1n) is 3.26. The van der Waals surface area contributed by atoms with E-state index in [1.165, 1.54) is 0 Å². The minimum Gasteiger partial charge on any atom is -0.344 e. The summed E-state index contributed by atoms with van der Waals surface area (Å²) in [5.41, 5.74) is 4.88. The first-order valence-corrected chi connectivity index (χ1v) is 6.45. The molecule has 0 saturated carbocycles. The molecule has 85 valence electrons. The molecule has 0 aliphatic heterocycles. The van der Waals surface area contributed by atoms with Gasteiger partial charge in [-0.05, 0) is 0 Å². The summed E-state index contributed by atoms with van der Waals surface area (Å²) in [5.74, 6) is -3.58. The monoisotopic (exact) mass is 270 g/mol. The molecule has 11 heteroatoms. The summed E-state index contributed by atoms with van der Waals surface area (Å²) in [7, 11) is -8.73. The Balaban J connectivity index is 0. The standard InChI is InChI=1S/C4H9NO7S2.Na/c5-1-2-14(10,11)12-4(6)3-13(7,8)9;/h1-3,5H2,(H,7,8,9);. The summed E-state index contributed by atoms with van der Waals surface area (Å²) in [4.78, 5) is 10.6. The van der Waals surface area contributed by atoms with E-state index in [2.05, 4.69) is 4.18 Å². The topological polar surface area (TPSA) is 141 Å². The maximum atomic E-state index is 10.7. The van der Waals surface area contributed by atoms with Crippen molar-refractivity contribution in [1.82, 2.24) is 0 Å². The van der Waals surface area contributed by atoms with Crippen LogP contribution in [0.15, 0.2) is 0 Å². The summed E-state index contributed by atoms with van der Waals surface area (Å²) in [6.45, 7) is -0.262. The molecule has 0 spiro atoms. The van der Waals surface area contributed by atoms with Crippen LogP contribution in [-0.4, -0.2) is 75.0 Å². The Kier molecular flexibility index (Phi) is 7.99. The first kappa shape index (κ1) is 17.7. The average Bonchev–Trinajstić information content (AvgIpc) is 1.78. The number of carbonyl (C=O) groups is 1. The molecule has 0 aliphatic rings. The Morgan fingerprint density at radius 2 is 1.73 bits per heavy atom. The summed E-state index contributed by atoms with van der Waals surface area (Å²) in [6.07, 6.45) is 0. The van der Waals surface area contributed by atoms with Gasteiger partial charge in [-0.3, -0.25) is 4.55 Å². The Bertz CT molecular complexity index is 399. The van der Waals surface area contributed by atoms with Crippen molar-refractivity contribution < 1.29 is 30.4 Å². The summed E-state index contributed by atoms with van der Waals surface area (Å²) >= 11 is 0. The van der Waals surface area contributed by atoms with Gasteiger partial charge in [-0.2, -0.15) is 16.8 Å². The van der Waals surface area contributed by atoms with Gasteiger partial charge in [0.25, 0.3) is 10.1 Å². The molecule has 3 N–H and O–H groups in total. The fourth-order valence-corrected chi connectivity index (χ4v) is 1.65. The second-order valence-electron chi connectivity index (χ2n) is 2.23. The van der Waals surface area contributed by atoms with E-state index in [0.717, 1.165) is 0 Å². The number of nitrogens with two attached hydrogens (primary N) is 1. The number of rotatable bonds is 5. The van der Waals surface area contributed by atoms with Crippen LogP contribution in [0.5, 0.6) is 0 Å². The van der Waals surface area contributed by atoms with Crippen LogP contribution >= 0.6 is 0 Å². The van der Waals surface area contributed by atoms with Crippen LogP contribution in [0.25, 0.3) is 0 Å². The van der Waals surface area contributed by atoms with Gasteiger partial charge in [0.2, 0.25) is 0 Å². The molecule has 0 aromatic heterocycles. The maximum Gasteiger partial charge on any atom is 0.339 e. The number of carbonyl (C=O) groups excluding carboxylic acids is 1. The molecule has 0 fully saturated rings. The summed E-state index contributed by atoms with van der Waals surface area (Å²) in [6, 6.07) is 0. The van der Waals surface area contributed by atoms with Gasteiger partial charge in [-0.1, -0.05) is 0 Å². The molecular formula is C4H9NNaO7S2. The second-order valence-corrected chi connectivity index (χ2v) is 5.37. The van der Waals surface area contributed by atoms with Gasteiger partial charge in [0, 0.05) is 36.1 Å². The molecule has 1 radical (unpaired) electrons. The van der Waals surface area contributed by atoms with Crippen molar-refractivity contribution in [3.8, 4) is 0 Å². The molecule has 8 nitrogen and oxygen atoms in total. The van der Waals surface area contributed by atoms with Gasteiger partial charge in [0.15, 0.2) is 5.75 Å². The molecule has 0 aromatic rings. The van der Waals surface area contributed by atoms with Crippen molar-refractivity contribution in [2.45, 2.75) is 0 Å². The van der Waals surface area contributed by atoms with E-state index < -0.39 is 37.7 Å². The van der Waals surface area contributed by atoms with Crippen LogP contribution in [-0.2, 0) is 29.2 Å². The SMILES string of the molecule is NCCS(=O)(=O)OC(=O)CS(=O)(=O)O.[Na]. The van der Waals surface area contributed by atoms with Crippen LogP contribution in [0.4, 0.5) is 0 Å². The smallest absolute Gasteiger partial charge is 0.339 e. The van der Waals surface area contributed by atoms with E-state index in [0.29, 0.717) is 0 Å². The van der Waals surface area contributed by atoms with Gasteiger partial charge < -0.3 is 9.92 Å². The van der Waals surface area contributed by atoms with Crippen molar-refractivity contribution >= 4 is 55.8 Å². The fourth-order valence-electron chi connectivity index (χ4n) is 0.501. The van der Waals surface area contributed by atoms with Crippen LogP contribution < -0.4 is 5.73 Å². The van der Waals surface area contributed by atoms with Crippen LogP contribution in [0.3, 0.4) is 0 Å². The summed E-state index contributed by atoms with van der Waals surface area (Å²) < 4.78 is 53.6. The molecule has 0 rings (SSSR count). The van der Waals surface area contributed by atoms with Gasteiger partial charge in [0.1, 0.15) is 0 Å². The molecule has 0 heterocycles. The van der Waals surface area contributed by atoms with Crippen LogP contribution in [0, 0.1) is 0 Å². The van der Waals surface area contributed by atoms with Gasteiger partial charge in [0.05, 0.1) is 5.75 Å². The van der Waals surface area contributed by atoms with Gasteiger partial charge in [-0.25, -0.2) is 4.79 Å². The predicted octanol–water partition coefficient (Wildman–Crippen LogP) is -2.67. The first-order chi connectivity index (χ1) is 6.16. The van der Waals surface area contributed by atoms with Crippen molar-refractivity contribution in [2.24, 2.45) is 5.73 Å². The Labute approximate surface area is 109 Å². The minimum absolute atomic E-state index is 0. The third-order valence-electron chi connectivity index (χ3n) is 0.888. The molecule has 0 saturated heterocycles.